The van der Waals surface area contributed by atoms with Crippen LogP contribution in [0.15, 0.2) is 28.7 Å². The number of carbonyl (C=O) groups is 1. The predicted molar refractivity (Wildman–Crippen MR) is 95.3 cm³/mol. The van der Waals surface area contributed by atoms with E-state index in [1.54, 1.807) is 0 Å². The summed E-state index contributed by atoms with van der Waals surface area (Å²) in [6.07, 6.45) is 0.559. The Labute approximate surface area is 146 Å². The zero-order chi connectivity index (χ0) is 17.0. The molecule has 1 saturated heterocycles. The molecule has 1 heterocycles. The van der Waals surface area contributed by atoms with Gasteiger partial charge in [0.2, 0.25) is 0 Å². The van der Waals surface area contributed by atoms with Gasteiger partial charge in [-0.15, -0.1) is 0 Å². The van der Waals surface area contributed by atoms with Crippen molar-refractivity contribution in [1.82, 2.24) is 10.2 Å². The Hall–Kier alpha value is -1.11. The molecule has 2 rings (SSSR count). The molecule has 0 aliphatic carbocycles. The fourth-order valence-electron chi connectivity index (χ4n) is 2.84. The Morgan fingerprint density at radius 2 is 2.09 bits per heavy atom. The van der Waals surface area contributed by atoms with Crippen molar-refractivity contribution in [3.05, 3.63) is 34.3 Å². The Morgan fingerprint density at radius 1 is 1.43 bits per heavy atom. The summed E-state index contributed by atoms with van der Waals surface area (Å²) < 4.78 is 6.38. The van der Waals surface area contributed by atoms with Gasteiger partial charge in [-0.05, 0) is 44.9 Å². The number of halogens is 1. The van der Waals surface area contributed by atoms with Crippen molar-refractivity contribution in [2.24, 2.45) is 5.73 Å². The highest BCUT2D eigenvalue weighted by molar-refractivity contribution is 9.10. The number of likely N-dealkylation sites (tertiary alicyclic amines) is 1. The van der Waals surface area contributed by atoms with Crippen LogP contribution in [0.5, 0.6) is 0 Å². The number of ether oxygens (including phenoxy) is 1. The molecule has 0 spiro atoms. The third kappa shape index (κ3) is 5.48. The molecule has 1 aromatic rings. The first-order valence-electron chi connectivity index (χ1n) is 7.97. The normalized spacial score (nSPS) is 20.3. The van der Waals surface area contributed by atoms with Crippen molar-refractivity contribution >= 4 is 22.0 Å². The lowest BCUT2D eigenvalue weighted by atomic mass is 10.1. The van der Waals surface area contributed by atoms with Gasteiger partial charge in [-0.3, -0.25) is 4.90 Å². The van der Waals surface area contributed by atoms with Crippen LogP contribution in [-0.4, -0.2) is 42.3 Å². The van der Waals surface area contributed by atoms with Crippen LogP contribution in [0.1, 0.15) is 38.8 Å². The van der Waals surface area contributed by atoms with Gasteiger partial charge < -0.3 is 15.8 Å². The average Bonchev–Trinajstić information content (AvgIpc) is 2.87. The van der Waals surface area contributed by atoms with Crippen molar-refractivity contribution in [1.29, 1.82) is 0 Å². The molecule has 23 heavy (non-hydrogen) atoms. The first kappa shape index (κ1) is 18.2. The molecule has 1 amide bonds. The van der Waals surface area contributed by atoms with Crippen LogP contribution in [0.25, 0.3) is 0 Å². The number of rotatable bonds is 4. The molecule has 0 bridgehead atoms. The maximum Gasteiger partial charge on any atom is 0.407 e. The van der Waals surface area contributed by atoms with Crippen LogP contribution < -0.4 is 11.1 Å². The molecule has 1 aliphatic rings. The zero-order valence-corrected chi connectivity index (χ0v) is 15.6. The quantitative estimate of drug-likeness (QED) is 0.838. The van der Waals surface area contributed by atoms with Gasteiger partial charge in [-0.25, -0.2) is 4.79 Å². The molecule has 1 fully saturated rings. The summed E-state index contributed by atoms with van der Waals surface area (Å²) in [5.74, 6) is 0. The molecular weight excluding hydrogens is 358 g/mol. The van der Waals surface area contributed by atoms with E-state index in [0.29, 0.717) is 6.54 Å². The Kier molecular flexibility index (Phi) is 6.06. The summed E-state index contributed by atoms with van der Waals surface area (Å²) in [5.41, 5.74) is 6.72. The van der Waals surface area contributed by atoms with Crippen LogP contribution >= 0.6 is 15.9 Å². The van der Waals surface area contributed by atoms with Crippen LogP contribution in [-0.2, 0) is 4.74 Å². The molecule has 128 valence electrons. The first-order chi connectivity index (χ1) is 10.8. The number of alkyl carbamates (subject to hydrolysis) is 1. The van der Waals surface area contributed by atoms with E-state index in [1.807, 2.05) is 32.9 Å². The highest BCUT2D eigenvalue weighted by atomic mass is 79.9. The van der Waals surface area contributed by atoms with Gasteiger partial charge in [-0.1, -0.05) is 28.1 Å². The molecule has 2 atom stereocenters. The van der Waals surface area contributed by atoms with Gasteiger partial charge >= 0.3 is 6.09 Å². The van der Waals surface area contributed by atoms with E-state index in [4.69, 9.17) is 10.5 Å². The maximum atomic E-state index is 11.9. The molecule has 0 radical (unpaired) electrons. The number of nitrogens with zero attached hydrogens (tertiary/aromatic N) is 1. The molecule has 1 aromatic carbocycles. The van der Waals surface area contributed by atoms with Crippen LogP contribution in [0.2, 0.25) is 0 Å². The minimum atomic E-state index is -0.473. The van der Waals surface area contributed by atoms with Crippen LogP contribution in [0.3, 0.4) is 0 Å². The number of hydrogen-bond acceptors (Lipinski definition) is 4. The van der Waals surface area contributed by atoms with E-state index in [0.717, 1.165) is 24.0 Å². The van der Waals surface area contributed by atoms with E-state index in [-0.39, 0.29) is 18.2 Å². The van der Waals surface area contributed by atoms with E-state index in [2.05, 4.69) is 38.3 Å². The summed E-state index contributed by atoms with van der Waals surface area (Å²) in [6.45, 7) is 7.86. The third-order valence-corrected chi connectivity index (χ3v) is 4.39. The van der Waals surface area contributed by atoms with Gasteiger partial charge in [0.25, 0.3) is 0 Å². The highest BCUT2D eigenvalue weighted by Gasteiger charge is 2.30. The van der Waals surface area contributed by atoms with Crippen molar-refractivity contribution in [3.8, 4) is 0 Å². The standard InChI is InChI=1S/C17H26BrN3O2/c1-17(2,3)23-16(22)20-14-8-9-21(11-14)15(10-19)12-4-6-13(18)7-5-12/h4-7,14-15H,8-11,19H2,1-3H3,(H,20,22)/t14-,15+/m0/s1. The Morgan fingerprint density at radius 3 is 2.65 bits per heavy atom. The van der Waals surface area contributed by atoms with E-state index < -0.39 is 5.60 Å². The lowest BCUT2D eigenvalue weighted by molar-refractivity contribution is 0.0504. The van der Waals surface area contributed by atoms with Gasteiger partial charge in [0.1, 0.15) is 5.60 Å². The van der Waals surface area contributed by atoms with Gasteiger partial charge in [0.05, 0.1) is 0 Å². The molecule has 1 aliphatic heterocycles. The number of nitrogens with one attached hydrogen (secondary N) is 1. The van der Waals surface area contributed by atoms with E-state index in [1.165, 1.54) is 5.56 Å². The summed E-state index contributed by atoms with van der Waals surface area (Å²) >= 11 is 3.45. The van der Waals surface area contributed by atoms with Crippen LogP contribution in [0.4, 0.5) is 4.79 Å². The fourth-order valence-corrected chi connectivity index (χ4v) is 3.11. The molecule has 5 nitrogen and oxygen atoms in total. The Bertz CT molecular complexity index is 528. The second-order valence-electron chi connectivity index (χ2n) is 6.93. The van der Waals surface area contributed by atoms with Crippen molar-refractivity contribution < 1.29 is 9.53 Å². The van der Waals surface area contributed by atoms with Crippen molar-refractivity contribution in [3.63, 3.8) is 0 Å². The van der Waals surface area contributed by atoms with Gasteiger partial charge in [-0.2, -0.15) is 0 Å². The number of carbonyl (C=O) groups excluding carboxylic acids is 1. The average molecular weight is 384 g/mol. The summed E-state index contributed by atoms with van der Waals surface area (Å²) in [7, 11) is 0. The number of hydrogen-bond donors (Lipinski definition) is 2. The number of amides is 1. The SMILES string of the molecule is CC(C)(C)OC(=O)N[C@H]1CCN([C@H](CN)c2ccc(Br)cc2)C1. The summed E-state index contributed by atoms with van der Waals surface area (Å²) in [6, 6.07) is 8.53. The monoisotopic (exact) mass is 383 g/mol. The van der Waals surface area contributed by atoms with Crippen molar-refractivity contribution in [2.75, 3.05) is 19.6 Å². The smallest absolute Gasteiger partial charge is 0.407 e. The molecule has 0 aromatic heterocycles. The second-order valence-corrected chi connectivity index (χ2v) is 7.85. The molecule has 6 heteroatoms. The minimum Gasteiger partial charge on any atom is -0.444 e. The number of benzene rings is 1. The first-order valence-corrected chi connectivity index (χ1v) is 8.77. The fraction of sp³-hybridized carbons (Fsp3) is 0.588. The second kappa shape index (κ2) is 7.64. The summed E-state index contributed by atoms with van der Waals surface area (Å²) in [4.78, 5) is 14.2. The van der Waals surface area contributed by atoms with Gasteiger partial charge in [0.15, 0.2) is 0 Å². The largest absolute Gasteiger partial charge is 0.444 e. The Balaban J connectivity index is 1.93. The number of nitrogens with two attached hydrogens (primary N) is 1. The lowest BCUT2D eigenvalue weighted by Gasteiger charge is -2.27. The third-order valence-electron chi connectivity index (χ3n) is 3.86. The maximum absolute atomic E-state index is 11.9. The molecule has 3 N–H and O–H groups in total. The van der Waals surface area contributed by atoms with Crippen molar-refractivity contribution in [2.45, 2.75) is 44.9 Å². The van der Waals surface area contributed by atoms with Gasteiger partial charge in [0, 0.05) is 36.2 Å². The summed E-state index contributed by atoms with van der Waals surface area (Å²) in [5, 5.41) is 2.95. The predicted octanol–water partition coefficient (Wildman–Crippen LogP) is 3.05. The molecule has 0 saturated carbocycles. The topological polar surface area (TPSA) is 67.6 Å². The minimum absolute atomic E-state index is 0.106. The molecular formula is C17H26BrN3O2. The van der Waals surface area contributed by atoms with E-state index >= 15 is 0 Å². The molecule has 0 unspecified atom stereocenters. The zero-order valence-electron chi connectivity index (χ0n) is 14.0. The van der Waals surface area contributed by atoms with E-state index in [9.17, 15) is 4.79 Å². The van der Waals surface area contributed by atoms with Crippen LogP contribution in [0, 0.1) is 0 Å². The highest BCUT2D eigenvalue weighted by Crippen LogP contribution is 2.25. The lowest BCUT2D eigenvalue weighted by Crippen LogP contribution is -2.41.